The van der Waals surface area contributed by atoms with Gasteiger partial charge in [-0.3, -0.25) is 0 Å². The fourth-order valence-corrected chi connectivity index (χ4v) is 2.42. The average molecular weight is 213 g/mol. The van der Waals surface area contributed by atoms with Crippen molar-refractivity contribution in [3.63, 3.8) is 0 Å². The lowest BCUT2D eigenvalue weighted by molar-refractivity contribution is 0.593. The lowest BCUT2D eigenvalue weighted by Crippen LogP contribution is -2.22. The number of allylic oxidation sites excluding steroid dienone is 3. The Labute approximate surface area is 97.7 Å². The predicted octanol–water partition coefficient (Wildman–Crippen LogP) is 3.36. The smallest absolute Gasteiger partial charge is 0.0279 e. The maximum Gasteiger partial charge on any atom is 0.0279 e. The van der Waals surface area contributed by atoms with Crippen molar-refractivity contribution in [3.05, 3.63) is 58.8 Å². The van der Waals surface area contributed by atoms with Gasteiger partial charge in [0.15, 0.2) is 0 Å². The van der Waals surface area contributed by atoms with Gasteiger partial charge in [0, 0.05) is 11.1 Å². The number of nitrogens with two attached hydrogens (primary N) is 1. The minimum atomic E-state index is 0.0512. The molecule has 1 unspecified atom stereocenters. The molecular weight excluding hydrogens is 194 g/mol. The molecule has 0 fully saturated rings. The Hall–Kier alpha value is -1.50. The van der Waals surface area contributed by atoms with Crippen LogP contribution in [0.3, 0.4) is 0 Å². The third-order valence-electron chi connectivity index (χ3n) is 3.22. The van der Waals surface area contributed by atoms with Crippen molar-refractivity contribution < 1.29 is 0 Å². The van der Waals surface area contributed by atoms with Crippen molar-refractivity contribution in [3.8, 4) is 0 Å². The van der Waals surface area contributed by atoms with Gasteiger partial charge in [-0.25, -0.2) is 0 Å². The van der Waals surface area contributed by atoms with Gasteiger partial charge in [0.05, 0.1) is 0 Å². The van der Waals surface area contributed by atoms with Gasteiger partial charge in [0.25, 0.3) is 0 Å². The summed E-state index contributed by atoms with van der Waals surface area (Å²) in [7, 11) is 0. The van der Waals surface area contributed by atoms with Crippen LogP contribution in [-0.4, -0.2) is 0 Å². The van der Waals surface area contributed by atoms with Crippen LogP contribution in [0.25, 0.3) is 0 Å². The van der Waals surface area contributed by atoms with E-state index in [-0.39, 0.29) is 5.41 Å². The summed E-state index contributed by atoms with van der Waals surface area (Å²) >= 11 is 0. The molecule has 0 saturated heterocycles. The molecule has 0 bridgehead atoms. The van der Waals surface area contributed by atoms with E-state index in [1.54, 1.807) is 0 Å². The molecule has 1 aliphatic carbocycles. The Morgan fingerprint density at radius 1 is 1.12 bits per heavy atom. The maximum absolute atomic E-state index is 5.90. The highest BCUT2D eigenvalue weighted by Gasteiger charge is 2.25. The van der Waals surface area contributed by atoms with E-state index in [0.717, 1.165) is 12.1 Å². The minimum absolute atomic E-state index is 0.0512. The van der Waals surface area contributed by atoms with E-state index in [9.17, 15) is 0 Å². The molecule has 0 heterocycles. The van der Waals surface area contributed by atoms with Crippen LogP contribution in [0.4, 0.5) is 0 Å². The Morgan fingerprint density at radius 2 is 1.75 bits per heavy atom. The summed E-state index contributed by atoms with van der Waals surface area (Å²) in [6.45, 7) is 6.54. The highest BCUT2D eigenvalue weighted by atomic mass is 14.6. The van der Waals surface area contributed by atoms with Gasteiger partial charge in [0.1, 0.15) is 0 Å². The summed E-state index contributed by atoms with van der Waals surface area (Å²) in [5.41, 5.74) is 10.8. The van der Waals surface area contributed by atoms with Crippen LogP contribution < -0.4 is 5.73 Å². The fraction of sp³-hybridized carbons (Fsp3) is 0.333. The molecule has 84 valence electrons. The average Bonchev–Trinajstić information content (AvgIpc) is 2.15. The molecule has 0 aromatic heterocycles. The summed E-state index contributed by atoms with van der Waals surface area (Å²) in [4.78, 5) is 0. The van der Waals surface area contributed by atoms with Crippen molar-refractivity contribution in [1.82, 2.24) is 0 Å². The second kappa shape index (κ2) is 3.82. The maximum atomic E-state index is 5.90. The number of hydrogen-bond acceptors (Lipinski definition) is 1. The zero-order chi connectivity index (χ0) is 11.8. The zero-order valence-corrected chi connectivity index (χ0v) is 10.2. The summed E-state index contributed by atoms with van der Waals surface area (Å²) in [5, 5.41) is 0. The zero-order valence-electron chi connectivity index (χ0n) is 10.2. The molecule has 2 N–H and O–H groups in total. The van der Waals surface area contributed by atoms with Crippen LogP contribution in [-0.2, 0) is 5.41 Å². The molecule has 1 atom stereocenters. The third kappa shape index (κ3) is 2.04. The molecule has 0 aliphatic heterocycles. The highest BCUT2D eigenvalue weighted by Crippen LogP contribution is 2.34. The molecule has 1 aromatic carbocycles. The van der Waals surface area contributed by atoms with E-state index in [4.69, 9.17) is 5.73 Å². The quantitative estimate of drug-likeness (QED) is 0.760. The number of hydrogen-bond donors (Lipinski definition) is 1. The molecule has 1 nitrogen and oxygen atoms in total. The largest absolute Gasteiger partial charge is 0.399 e. The summed E-state index contributed by atoms with van der Waals surface area (Å²) in [6.07, 6.45) is 7.34. The minimum Gasteiger partial charge on any atom is -0.399 e. The monoisotopic (exact) mass is 213 g/mol. The second-order valence-electron chi connectivity index (χ2n) is 5.04. The highest BCUT2D eigenvalue weighted by molar-refractivity contribution is 5.41. The van der Waals surface area contributed by atoms with E-state index in [1.165, 1.54) is 16.7 Å². The molecule has 0 saturated carbocycles. The second-order valence-corrected chi connectivity index (χ2v) is 5.04. The van der Waals surface area contributed by atoms with E-state index in [2.05, 4.69) is 51.1 Å². The lowest BCUT2D eigenvalue weighted by Gasteiger charge is -2.29. The van der Waals surface area contributed by atoms with Crippen LogP contribution >= 0.6 is 0 Å². The fourth-order valence-electron chi connectivity index (χ4n) is 2.42. The molecule has 1 aliphatic rings. The molecule has 0 spiro atoms. The van der Waals surface area contributed by atoms with Gasteiger partial charge in [-0.2, -0.15) is 0 Å². The molecule has 1 aromatic rings. The number of benzene rings is 1. The Balaban J connectivity index is 2.47. The van der Waals surface area contributed by atoms with Crippen molar-refractivity contribution in [2.45, 2.75) is 32.6 Å². The Bertz CT molecular complexity index is 448. The van der Waals surface area contributed by atoms with Crippen LogP contribution in [0, 0.1) is 13.8 Å². The molecule has 2 rings (SSSR count). The van der Waals surface area contributed by atoms with Crippen LogP contribution in [0.15, 0.2) is 42.1 Å². The van der Waals surface area contributed by atoms with E-state index in [0.29, 0.717) is 0 Å². The van der Waals surface area contributed by atoms with Gasteiger partial charge in [0.2, 0.25) is 0 Å². The standard InChI is InChI=1S/C15H19N/c1-11-7-12(2)9-13(8-11)15(3)6-4-5-14(16)10-15/h4-5,7-10H,6,16H2,1-3H3. The van der Waals surface area contributed by atoms with E-state index >= 15 is 0 Å². The van der Waals surface area contributed by atoms with Gasteiger partial charge >= 0.3 is 0 Å². The summed E-state index contributed by atoms with van der Waals surface area (Å²) in [6, 6.07) is 6.73. The van der Waals surface area contributed by atoms with Gasteiger partial charge in [-0.15, -0.1) is 0 Å². The van der Waals surface area contributed by atoms with Crippen LogP contribution in [0.5, 0.6) is 0 Å². The topological polar surface area (TPSA) is 26.0 Å². The first-order valence-corrected chi connectivity index (χ1v) is 5.73. The molecule has 16 heavy (non-hydrogen) atoms. The molecule has 0 amide bonds. The normalized spacial score (nSPS) is 24.3. The van der Waals surface area contributed by atoms with Gasteiger partial charge in [-0.05, 0) is 31.9 Å². The van der Waals surface area contributed by atoms with Crippen molar-refractivity contribution >= 4 is 0 Å². The first-order valence-electron chi connectivity index (χ1n) is 5.73. The van der Waals surface area contributed by atoms with E-state index < -0.39 is 0 Å². The number of rotatable bonds is 1. The number of aryl methyl sites for hydroxylation is 2. The molecule has 1 heteroatoms. The van der Waals surface area contributed by atoms with Crippen molar-refractivity contribution in [2.24, 2.45) is 5.73 Å². The molecular formula is C15H19N. The molecule has 0 radical (unpaired) electrons. The first kappa shape index (κ1) is 11.0. The summed E-state index contributed by atoms with van der Waals surface area (Å²) < 4.78 is 0. The Kier molecular flexibility index (Phi) is 2.63. The van der Waals surface area contributed by atoms with Crippen molar-refractivity contribution in [1.29, 1.82) is 0 Å². The van der Waals surface area contributed by atoms with Crippen molar-refractivity contribution in [2.75, 3.05) is 0 Å². The third-order valence-corrected chi connectivity index (χ3v) is 3.22. The Morgan fingerprint density at radius 3 is 2.31 bits per heavy atom. The lowest BCUT2D eigenvalue weighted by atomic mass is 9.76. The van der Waals surface area contributed by atoms with E-state index in [1.807, 2.05) is 6.08 Å². The predicted molar refractivity (Wildman–Crippen MR) is 69.3 cm³/mol. The van der Waals surface area contributed by atoms with Gasteiger partial charge in [-0.1, -0.05) is 48.4 Å². The first-order chi connectivity index (χ1) is 7.49. The SMILES string of the molecule is Cc1cc(C)cc(C2(C)C=C(N)C=CC2)c1. The van der Waals surface area contributed by atoms with Crippen LogP contribution in [0.1, 0.15) is 30.0 Å². The van der Waals surface area contributed by atoms with Gasteiger partial charge < -0.3 is 5.73 Å². The summed E-state index contributed by atoms with van der Waals surface area (Å²) in [5.74, 6) is 0. The van der Waals surface area contributed by atoms with Crippen LogP contribution in [0.2, 0.25) is 0 Å².